The second kappa shape index (κ2) is 6.87. The Hall–Kier alpha value is -2.95. The van der Waals surface area contributed by atoms with Crippen LogP contribution >= 0.6 is 0 Å². The minimum absolute atomic E-state index is 0.0594. The van der Waals surface area contributed by atoms with Gasteiger partial charge in [-0.3, -0.25) is 4.79 Å². The molecule has 2 aromatic carbocycles. The number of primary sulfonamides is 1. The van der Waals surface area contributed by atoms with E-state index in [4.69, 9.17) is 10.4 Å². The maximum Gasteiger partial charge on any atom is 0.266 e. The Bertz CT molecular complexity index is 880. The number of benzene rings is 2. The van der Waals surface area contributed by atoms with Crippen molar-refractivity contribution in [2.24, 2.45) is 5.14 Å². The summed E-state index contributed by atoms with van der Waals surface area (Å²) in [6.07, 6.45) is 1.47. The predicted octanol–water partition coefficient (Wildman–Crippen LogP) is 1.88. The molecular formula is C16H13N3O3S. The fourth-order valence-electron chi connectivity index (χ4n) is 1.79. The van der Waals surface area contributed by atoms with Crippen LogP contribution in [-0.2, 0) is 14.8 Å². The van der Waals surface area contributed by atoms with E-state index in [1.165, 1.54) is 30.3 Å². The lowest BCUT2D eigenvalue weighted by Crippen LogP contribution is -2.14. The minimum Gasteiger partial charge on any atom is -0.321 e. The first-order valence-electron chi connectivity index (χ1n) is 6.51. The van der Waals surface area contributed by atoms with Gasteiger partial charge in [0.2, 0.25) is 10.0 Å². The van der Waals surface area contributed by atoms with E-state index in [0.717, 1.165) is 5.56 Å². The summed E-state index contributed by atoms with van der Waals surface area (Å²) in [5, 5.41) is 16.6. The van der Waals surface area contributed by atoms with Crippen LogP contribution in [0.2, 0.25) is 0 Å². The zero-order valence-electron chi connectivity index (χ0n) is 11.9. The van der Waals surface area contributed by atoms with Crippen LogP contribution in [0.3, 0.4) is 0 Å². The van der Waals surface area contributed by atoms with Gasteiger partial charge in [0, 0.05) is 5.69 Å². The smallest absolute Gasteiger partial charge is 0.266 e. The first kappa shape index (κ1) is 16.4. The van der Waals surface area contributed by atoms with E-state index >= 15 is 0 Å². The summed E-state index contributed by atoms with van der Waals surface area (Å²) in [5.74, 6) is -0.584. The first-order valence-corrected chi connectivity index (χ1v) is 8.06. The van der Waals surface area contributed by atoms with Gasteiger partial charge in [0.1, 0.15) is 11.6 Å². The summed E-state index contributed by atoms with van der Waals surface area (Å²) >= 11 is 0. The lowest BCUT2D eigenvalue weighted by molar-refractivity contribution is -0.112. The highest BCUT2D eigenvalue weighted by Gasteiger charge is 2.11. The Balaban J connectivity index is 2.18. The van der Waals surface area contributed by atoms with E-state index < -0.39 is 15.9 Å². The largest absolute Gasteiger partial charge is 0.321 e. The number of rotatable bonds is 4. The van der Waals surface area contributed by atoms with E-state index in [1.807, 2.05) is 12.1 Å². The number of nitriles is 1. The maximum absolute atomic E-state index is 12.1. The molecule has 0 saturated heterocycles. The summed E-state index contributed by atoms with van der Waals surface area (Å²) in [6, 6.07) is 16.1. The van der Waals surface area contributed by atoms with Crippen molar-refractivity contribution in [1.29, 1.82) is 5.26 Å². The molecular weight excluding hydrogens is 314 g/mol. The van der Waals surface area contributed by atoms with Crippen molar-refractivity contribution in [3.05, 3.63) is 65.7 Å². The Morgan fingerprint density at radius 3 is 2.22 bits per heavy atom. The Labute approximate surface area is 133 Å². The number of nitrogens with two attached hydrogens (primary N) is 1. The lowest BCUT2D eigenvalue weighted by Gasteiger charge is -2.05. The van der Waals surface area contributed by atoms with Gasteiger partial charge in [-0.2, -0.15) is 5.26 Å². The van der Waals surface area contributed by atoms with Crippen LogP contribution < -0.4 is 10.5 Å². The quantitative estimate of drug-likeness (QED) is 0.659. The lowest BCUT2D eigenvalue weighted by atomic mass is 10.1. The minimum atomic E-state index is -3.79. The number of nitrogens with one attached hydrogen (secondary N) is 1. The van der Waals surface area contributed by atoms with Crippen LogP contribution in [0.5, 0.6) is 0 Å². The molecule has 23 heavy (non-hydrogen) atoms. The molecule has 2 aromatic rings. The molecule has 116 valence electrons. The SMILES string of the molecule is N#CC(=Cc1ccccc1)C(=O)Nc1ccc(S(N)(=O)=O)cc1. The van der Waals surface area contributed by atoms with Crippen LogP contribution in [0.1, 0.15) is 5.56 Å². The second-order valence-corrected chi connectivity index (χ2v) is 6.17. The van der Waals surface area contributed by atoms with E-state index in [0.29, 0.717) is 5.69 Å². The average Bonchev–Trinajstić information content (AvgIpc) is 2.53. The van der Waals surface area contributed by atoms with Gasteiger partial charge in [0.05, 0.1) is 4.90 Å². The van der Waals surface area contributed by atoms with Gasteiger partial charge >= 0.3 is 0 Å². The third-order valence-electron chi connectivity index (χ3n) is 2.92. The van der Waals surface area contributed by atoms with Crippen molar-refractivity contribution in [1.82, 2.24) is 0 Å². The van der Waals surface area contributed by atoms with Crippen molar-refractivity contribution in [3.63, 3.8) is 0 Å². The zero-order valence-corrected chi connectivity index (χ0v) is 12.7. The number of hydrogen-bond acceptors (Lipinski definition) is 4. The van der Waals surface area contributed by atoms with Gasteiger partial charge in [-0.15, -0.1) is 0 Å². The average molecular weight is 327 g/mol. The van der Waals surface area contributed by atoms with Crippen LogP contribution in [0.25, 0.3) is 6.08 Å². The molecule has 0 heterocycles. The van der Waals surface area contributed by atoms with Gasteiger partial charge in [0.25, 0.3) is 5.91 Å². The second-order valence-electron chi connectivity index (χ2n) is 4.60. The molecule has 0 fully saturated rings. The highest BCUT2D eigenvalue weighted by molar-refractivity contribution is 7.89. The summed E-state index contributed by atoms with van der Waals surface area (Å²) in [6.45, 7) is 0. The zero-order chi connectivity index (χ0) is 16.9. The van der Waals surface area contributed by atoms with Crippen molar-refractivity contribution >= 4 is 27.7 Å². The molecule has 0 saturated carbocycles. The van der Waals surface area contributed by atoms with E-state index in [9.17, 15) is 13.2 Å². The molecule has 0 unspecified atom stereocenters. The number of sulfonamides is 1. The van der Waals surface area contributed by atoms with Crippen molar-refractivity contribution in [3.8, 4) is 6.07 Å². The van der Waals surface area contributed by atoms with Crippen LogP contribution in [0.15, 0.2) is 65.1 Å². The predicted molar refractivity (Wildman–Crippen MR) is 86.5 cm³/mol. The standard InChI is InChI=1S/C16H13N3O3S/c17-11-13(10-12-4-2-1-3-5-12)16(20)19-14-6-8-15(9-7-14)23(18,21)22/h1-10H,(H,19,20)(H2,18,21,22). The summed E-state index contributed by atoms with van der Waals surface area (Å²) in [7, 11) is -3.79. The third kappa shape index (κ3) is 4.51. The van der Waals surface area contributed by atoms with E-state index in [1.54, 1.807) is 24.3 Å². The molecule has 0 aliphatic heterocycles. The highest BCUT2D eigenvalue weighted by Crippen LogP contribution is 2.14. The fourth-order valence-corrected chi connectivity index (χ4v) is 2.31. The molecule has 3 N–H and O–H groups in total. The van der Waals surface area contributed by atoms with Gasteiger partial charge in [-0.25, -0.2) is 13.6 Å². The third-order valence-corrected chi connectivity index (χ3v) is 3.85. The molecule has 6 nitrogen and oxygen atoms in total. The molecule has 1 amide bonds. The number of nitrogens with zero attached hydrogens (tertiary/aromatic N) is 1. The molecule has 0 radical (unpaired) electrons. The van der Waals surface area contributed by atoms with Gasteiger partial charge in [-0.05, 0) is 35.9 Å². The Morgan fingerprint density at radius 2 is 1.70 bits per heavy atom. The number of hydrogen-bond donors (Lipinski definition) is 2. The van der Waals surface area contributed by atoms with Crippen LogP contribution in [0, 0.1) is 11.3 Å². The van der Waals surface area contributed by atoms with Crippen LogP contribution in [0.4, 0.5) is 5.69 Å². The molecule has 0 spiro atoms. The van der Waals surface area contributed by atoms with Crippen molar-refractivity contribution < 1.29 is 13.2 Å². The molecule has 0 bridgehead atoms. The fraction of sp³-hybridized carbons (Fsp3) is 0. The first-order chi connectivity index (χ1) is 10.9. The molecule has 7 heteroatoms. The van der Waals surface area contributed by atoms with E-state index in [-0.39, 0.29) is 10.5 Å². The van der Waals surface area contributed by atoms with Gasteiger partial charge in [-0.1, -0.05) is 30.3 Å². The molecule has 0 aliphatic carbocycles. The monoisotopic (exact) mass is 327 g/mol. The van der Waals surface area contributed by atoms with Gasteiger partial charge < -0.3 is 5.32 Å². The summed E-state index contributed by atoms with van der Waals surface area (Å²) in [4.78, 5) is 12.0. The van der Waals surface area contributed by atoms with Crippen LogP contribution in [-0.4, -0.2) is 14.3 Å². The maximum atomic E-state index is 12.1. The number of anilines is 1. The Morgan fingerprint density at radius 1 is 1.09 bits per heavy atom. The topological polar surface area (TPSA) is 113 Å². The summed E-state index contributed by atoms with van der Waals surface area (Å²) in [5.41, 5.74) is 1.02. The number of carbonyl (C=O) groups is 1. The number of carbonyl (C=O) groups excluding carboxylic acids is 1. The molecule has 0 aromatic heterocycles. The van der Waals surface area contributed by atoms with Crippen molar-refractivity contribution in [2.75, 3.05) is 5.32 Å². The number of amides is 1. The normalized spacial score (nSPS) is 11.6. The van der Waals surface area contributed by atoms with Gasteiger partial charge in [0.15, 0.2) is 0 Å². The molecule has 0 aliphatic rings. The Kier molecular flexibility index (Phi) is 4.91. The van der Waals surface area contributed by atoms with Crippen molar-refractivity contribution in [2.45, 2.75) is 4.90 Å². The molecule has 2 rings (SSSR count). The highest BCUT2D eigenvalue weighted by atomic mass is 32.2. The summed E-state index contributed by atoms with van der Waals surface area (Å²) < 4.78 is 22.3. The molecule has 0 atom stereocenters. The van der Waals surface area contributed by atoms with E-state index in [2.05, 4.69) is 5.32 Å².